The zero-order chi connectivity index (χ0) is 19.2. The second kappa shape index (κ2) is 10.5. The van der Waals surface area contributed by atoms with Gasteiger partial charge in [0, 0.05) is 13.1 Å². The number of halogens is 3. The number of benzene rings is 2. The van der Waals surface area contributed by atoms with Crippen LogP contribution in [0.5, 0.6) is 0 Å². The highest BCUT2D eigenvalue weighted by atomic mass is 35.5. The predicted molar refractivity (Wildman–Crippen MR) is 105 cm³/mol. The summed E-state index contributed by atoms with van der Waals surface area (Å²) >= 11 is 0. The van der Waals surface area contributed by atoms with Crippen molar-refractivity contribution in [1.82, 2.24) is 4.90 Å². The quantitative estimate of drug-likeness (QED) is 0.738. The van der Waals surface area contributed by atoms with Gasteiger partial charge in [-0.05, 0) is 54.8 Å². The van der Waals surface area contributed by atoms with Crippen LogP contribution in [0.2, 0.25) is 0 Å². The third-order valence-corrected chi connectivity index (χ3v) is 4.89. The van der Waals surface area contributed by atoms with E-state index in [9.17, 15) is 18.7 Å². The van der Waals surface area contributed by atoms with Crippen molar-refractivity contribution in [2.75, 3.05) is 26.2 Å². The summed E-state index contributed by atoms with van der Waals surface area (Å²) in [4.78, 5) is 13.3. The normalized spacial score (nSPS) is 17.3. The summed E-state index contributed by atoms with van der Waals surface area (Å²) in [5.74, 6) is -1.74. The molecule has 7 heteroatoms. The van der Waals surface area contributed by atoms with Gasteiger partial charge < -0.3 is 14.7 Å². The Morgan fingerprint density at radius 2 is 1.61 bits per heavy atom. The van der Waals surface area contributed by atoms with Gasteiger partial charge in [0.25, 0.3) is 0 Å². The Hall–Kier alpha value is -2.02. The second-order valence-corrected chi connectivity index (χ2v) is 6.83. The van der Waals surface area contributed by atoms with E-state index in [0.29, 0.717) is 26.1 Å². The number of nitrogens with zero attached hydrogens (tertiary/aromatic N) is 1. The zero-order valence-corrected chi connectivity index (χ0v) is 16.2. The Kier molecular flexibility index (Phi) is 8.35. The van der Waals surface area contributed by atoms with Crippen LogP contribution in [0.1, 0.15) is 30.1 Å². The van der Waals surface area contributed by atoms with E-state index in [4.69, 9.17) is 4.74 Å². The van der Waals surface area contributed by atoms with E-state index in [1.807, 2.05) is 0 Å². The first-order chi connectivity index (χ1) is 13.0. The van der Waals surface area contributed by atoms with Crippen LogP contribution in [-0.4, -0.2) is 42.2 Å². The van der Waals surface area contributed by atoms with Crippen LogP contribution < -0.4 is 0 Å². The Labute approximate surface area is 169 Å². The van der Waals surface area contributed by atoms with Crippen LogP contribution in [0.4, 0.5) is 8.78 Å². The van der Waals surface area contributed by atoms with Crippen molar-refractivity contribution in [1.29, 1.82) is 0 Å². The molecule has 1 unspecified atom stereocenters. The summed E-state index contributed by atoms with van der Waals surface area (Å²) in [7, 11) is 0. The molecule has 1 atom stereocenters. The van der Waals surface area contributed by atoms with Gasteiger partial charge in [0.1, 0.15) is 17.7 Å². The summed E-state index contributed by atoms with van der Waals surface area (Å²) in [6.45, 7) is 2.38. The molecular weight excluding hydrogens is 388 g/mol. The number of piperidine rings is 1. The minimum Gasteiger partial charge on any atom is -0.481 e. The average Bonchev–Trinajstić information content (AvgIpc) is 2.67. The van der Waals surface area contributed by atoms with E-state index in [1.165, 1.54) is 24.3 Å². The van der Waals surface area contributed by atoms with Gasteiger partial charge in [0.15, 0.2) is 0 Å². The van der Waals surface area contributed by atoms with E-state index < -0.39 is 12.1 Å². The topological polar surface area (TPSA) is 49.8 Å². The summed E-state index contributed by atoms with van der Waals surface area (Å²) < 4.78 is 32.6. The molecular formula is C21H24ClF2NO3. The fourth-order valence-corrected chi connectivity index (χ4v) is 3.42. The summed E-state index contributed by atoms with van der Waals surface area (Å²) in [5, 5.41) is 9.19. The largest absolute Gasteiger partial charge is 0.481 e. The molecule has 1 heterocycles. The first-order valence-corrected chi connectivity index (χ1v) is 9.10. The summed E-state index contributed by atoms with van der Waals surface area (Å²) in [5.41, 5.74) is 1.56. The lowest BCUT2D eigenvalue weighted by Gasteiger charge is -2.31. The van der Waals surface area contributed by atoms with E-state index >= 15 is 0 Å². The summed E-state index contributed by atoms with van der Waals surface area (Å²) in [6, 6.07) is 12.1. The molecule has 0 saturated carbocycles. The monoisotopic (exact) mass is 411 g/mol. The molecule has 1 saturated heterocycles. The van der Waals surface area contributed by atoms with E-state index in [0.717, 1.165) is 24.1 Å². The molecule has 0 radical (unpaired) electrons. The van der Waals surface area contributed by atoms with E-state index in [1.54, 1.807) is 24.3 Å². The average molecular weight is 412 g/mol. The van der Waals surface area contributed by atoms with Gasteiger partial charge in [0.2, 0.25) is 0 Å². The third kappa shape index (κ3) is 5.99. The number of carboxylic acids is 1. The molecule has 1 N–H and O–H groups in total. The number of hydrogen-bond acceptors (Lipinski definition) is 3. The molecule has 0 aromatic heterocycles. The molecule has 0 amide bonds. The third-order valence-electron chi connectivity index (χ3n) is 4.89. The molecule has 2 aromatic carbocycles. The maximum atomic E-state index is 13.3. The number of aliphatic carboxylic acids is 1. The lowest BCUT2D eigenvalue weighted by atomic mass is 9.98. The fraction of sp³-hybridized carbons (Fsp3) is 0.381. The van der Waals surface area contributed by atoms with Crippen LogP contribution in [0.3, 0.4) is 0 Å². The number of likely N-dealkylation sites (tertiary alicyclic amines) is 1. The number of rotatable bonds is 7. The number of carbonyl (C=O) groups is 1. The number of ether oxygens (including phenoxy) is 1. The molecule has 0 spiro atoms. The highest BCUT2D eigenvalue weighted by Gasteiger charge is 2.25. The van der Waals surface area contributed by atoms with Crippen molar-refractivity contribution in [2.24, 2.45) is 5.92 Å². The summed E-state index contributed by atoms with van der Waals surface area (Å²) in [6.07, 6.45) is 1.13. The molecule has 1 aliphatic heterocycles. The SMILES string of the molecule is Cl.O=C(O)C1CCCN(CCOC(c2ccc(F)cc2)c2ccc(F)cc2)C1. The number of carboxylic acid groups (broad SMARTS) is 1. The van der Waals surface area contributed by atoms with Gasteiger partial charge in [-0.25, -0.2) is 8.78 Å². The first kappa shape index (κ1) is 22.3. The van der Waals surface area contributed by atoms with Crippen LogP contribution in [0, 0.1) is 17.6 Å². The Morgan fingerprint density at radius 1 is 1.07 bits per heavy atom. The minimum absolute atomic E-state index is 0. The maximum absolute atomic E-state index is 13.3. The molecule has 1 aliphatic rings. The molecule has 0 bridgehead atoms. The van der Waals surface area contributed by atoms with E-state index in [-0.39, 0.29) is 30.0 Å². The number of hydrogen-bond donors (Lipinski definition) is 1. The van der Waals surface area contributed by atoms with Gasteiger partial charge in [-0.2, -0.15) is 0 Å². The van der Waals surface area contributed by atoms with Crippen molar-refractivity contribution >= 4 is 18.4 Å². The molecule has 4 nitrogen and oxygen atoms in total. The van der Waals surface area contributed by atoms with Crippen molar-refractivity contribution in [3.05, 3.63) is 71.3 Å². The molecule has 0 aliphatic carbocycles. The van der Waals surface area contributed by atoms with Crippen molar-refractivity contribution in [2.45, 2.75) is 18.9 Å². The Morgan fingerprint density at radius 3 is 2.11 bits per heavy atom. The lowest BCUT2D eigenvalue weighted by Crippen LogP contribution is -2.40. The molecule has 152 valence electrons. The minimum atomic E-state index is -0.754. The predicted octanol–water partition coefficient (Wildman–Crippen LogP) is 4.29. The van der Waals surface area contributed by atoms with Crippen molar-refractivity contribution in [3.8, 4) is 0 Å². The van der Waals surface area contributed by atoms with Crippen LogP contribution in [-0.2, 0) is 9.53 Å². The van der Waals surface area contributed by atoms with Gasteiger partial charge in [-0.3, -0.25) is 4.79 Å². The first-order valence-electron chi connectivity index (χ1n) is 9.10. The van der Waals surface area contributed by atoms with E-state index in [2.05, 4.69) is 4.90 Å². The van der Waals surface area contributed by atoms with Crippen LogP contribution in [0.15, 0.2) is 48.5 Å². The molecule has 3 rings (SSSR count). The molecule has 2 aromatic rings. The van der Waals surface area contributed by atoms with Crippen LogP contribution >= 0.6 is 12.4 Å². The second-order valence-electron chi connectivity index (χ2n) is 6.83. The maximum Gasteiger partial charge on any atom is 0.307 e. The Bertz CT molecular complexity index is 710. The Balaban J connectivity index is 0.00000280. The van der Waals surface area contributed by atoms with Crippen molar-refractivity contribution in [3.63, 3.8) is 0 Å². The van der Waals surface area contributed by atoms with Gasteiger partial charge in [-0.15, -0.1) is 12.4 Å². The van der Waals surface area contributed by atoms with Crippen molar-refractivity contribution < 1.29 is 23.4 Å². The standard InChI is InChI=1S/C21H23F2NO3.ClH/c22-18-7-3-15(4-8-18)20(16-5-9-19(23)10-6-16)27-13-12-24-11-1-2-17(14-24)21(25)26;/h3-10,17,20H,1-2,11-14H2,(H,25,26);1H. The lowest BCUT2D eigenvalue weighted by molar-refractivity contribution is -0.143. The molecule has 1 fully saturated rings. The van der Waals surface area contributed by atoms with Gasteiger partial charge in [-0.1, -0.05) is 24.3 Å². The molecule has 28 heavy (non-hydrogen) atoms. The highest BCUT2D eigenvalue weighted by Crippen LogP contribution is 2.27. The highest BCUT2D eigenvalue weighted by molar-refractivity contribution is 5.85. The zero-order valence-electron chi connectivity index (χ0n) is 15.4. The van der Waals surface area contributed by atoms with Crippen LogP contribution in [0.25, 0.3) is 0 Å². The van der Waals surface area contributed by atoms with Gasteiger partial charge >= 0.3 is 5.97 Å². The fourth-order valence-electron chi connectivity index (χ4n) is 3.42. The smallest absolute Gasteiger partial charge is 0.307 e. The van der Waals surface area contributed by atoms with Gasteiger partial charge in [0.05, 0.1) is 12.5 Å².